The summed E-state index contributed by atoms with van der Waals surface area (Å²) in [6.07, 6.45) is 3.03. The third-order valence-corrected chi connectivity index (χ3v) is 5.85. The smallest absolute Gasteiger partial charge is 0.320 e. The quantitative estimate of drug-likeness (QED) is 0.655. The second kappa shape index (κ2) is 8.07. The number of ether oxygens (including phenoxy) is 1. The summed E-state index contributed by atoms with van der Waals surface area (Å²) in [6.45, 7) is 2.69. The molecule has 10 heteroatoms. The standard InChI is InChI=1S/C20H22ClFN4O4/c1-11(18(27)28)26-10-12-8-13(21)9-15(22)17(12)20(26,29)16-2-5-23-19(25-16)24-14-3-6-30-7-4-14/h2,5,8-9,11,14,29H,3-4,6-7,10H2,1H3,(H,27,28)(H,23,24,25)/t11-,20+/m1/s1. The van der Waals surface area contributed by atoms with E-state index in [1.807, 2.05) is 0 Å². The van der Waals surface area contributed by atoms with Crippen LogP contribution in [0.4, 0.5) is 10.3 Å². The van der Waals surface area contributed by atoms with E-state index in [0.29, 0.717) is 18.8 Å². The average molecular weight is 437 g/mol. The topological polar surface area (TPSA) is 108 Å². The average Bonchev–Trinajstić information content (AvgIpc) is 3.02. The van der Waals surface area contributed by atoms with Gasteiger partial charge in [-0.15, -0.1) is 0 Å². The molecular formula is C20H22ClFN4O4. The Hall–Kier alpha value is -2.33. The molecule has 1 aromatic heterocycles. The highest BCUT2D eigenvalue weighted by atomic mass is 35.5. The number of carboxylic acids is 1. The van der Waals surface area contributed by atoms with Crippen LogP contribution in [-0.4, -0.2) is 56.3 Å². The van der Waals surface area contributed by atoms with Gasteiger partial charge in [0.15, 0.2) is 5.72 Å². The number of carbonyl (C=O) groups is 1. The Bertz CT molecular complexity index is 972. The molecule has 30 heavy (non-hydrogen) atoms. The van der Waals surface area contributed by atoms with Gasteiger partial charge in [-0.3, -0.25) is 4.79 Å². The predicted molar refractivity (Wildman–Crippen MR) is 107 cm³/mol. The van der Waals surface area contributed by atoms with E-state index in [-0.39, 0.29) is 34.8 Å². The first-order chi connectivity index (χ1) is 14.3. The zero-order valence-electron chi connectivity index (χ0n) is 16.3. The van der Waals surface area contributed by atoms with Crippen molar-refractivity contribution in [3.05, 3.63) is 52.1 Å². The van der Waals surface area contributed by atoms with Crippen LogP contribution < -0.4 is 5.32 Å². The number of aliphatic hydroxyl groups is 1. The summed E-state index contributed by atoms with van der Waals surface area (Å²) in [7, 11) is 0. The zero-order chi connectivity index (χ0) is 21.5. The van der Waals surface area contributed by atoms with E-state index >= 15 is 0 Å². The van der Waals surface area contributed by atoms with Crippen molar-refractivity contribution in [1.82, 2.24) is 14.9 Å². The van der Waals surface area contributed by atoms with E-state index in [0.717, 1.165) is 18.9 Å². The van der Waals surface area contributed by atoms with Crippen molar-refractivity contribution in [2.24, 2.45) is 0 Å². The fraction of sp³-hybridized carbons (Fsp3) is 0.450. The molecule has 0 spiro atoms. The number of benzene rings is 1. The minimum absolute atomic E-state index is 0.00348. The summed E-state index contributed by atoms with van der Waals surface area (Å²) in [5.74, 6) is -1.60. The molecule has 4 rings (SSSR count). The second-order valence-electron chi connectivity index (χ2n) is 7.53. The highest BCUT2D eigenvalue weighted by Gasteiger charge is 2.52. The molecule has 3 heterocycles. The normalized spacial score (nSPS) is 23.2. The van der Waals surface area contributed by atoms with Gasteiger partial charge >= 0.3 is 5.97 Å². The highest BCUT2D eigenvalue weighted by molar-refractivity contribution is 6.30. The Labute approximate surface area is 177 Å². The fourth-order valence-corrected chi connectivity index (χ4v) is 4.28. The lowest BCUT2D eigenvalue weighted by atomic mass is 9.96. The van der Waals surface area contributed by atoms with Crippen molar-refractivity contribution in [1.29, 1.82) is 0 Å². The van der Waals surface area contributed by atoms with Crippen molar-refractivity contribution in [2.45, 2.75) is 44.1 Å². The molecule has 0 saturated carbocycles. The molecule has 1 fully saturated rings. The molecule has 2 aromatic rings. The van der Waals surface area contributed by atoms with Gasteiger partial charge in [-0.1, -0.05) is 11.6 Å². The highest BCUT2D eigenvalue weighted by Crippen LogP contribution is 2.45. The number of carboxylic acid groups (broad SMARTS) is 1. The summed E-state index contributed by atoms with van der Waals surface area (Å²) in [6, 6.07) is 3.09. The van der Waals surface area contributed by atoms with Crippen LogP contribution in [0.2, 0.25) is 5.02 Å². The van der Waals surface area contributed by atoms with Gasteiger partial charge in [0.05, 0.1) is 5.69 Å². The van der Waals surface area contributed by atoms with E-state index in [1.165, 1.54) is 30.2 Å². The van der Waals surface area contributed by atoms with Gasteiger partial charge in [-0.05, 0) is 43.5 Å². The fourth-order valence-electron chi connectivity index (χ4n) is 4.06. The monoisotopic (exact) mass is 436 g/mol. The number of aromatic nitrogens is 2. The van der Waals surface area contributed by atoms with Crippen LogP contribution in [0.1, 0.15) is 36.6 Å². The SMILES string of the molecule is C[C@H](C(=O)O)N1Cc2cc(Cl)cc(F)c2[C@@]1(O)c1ccnc(NC2CCOCC2)n1. The van der Waals surface area contributed by atoms with Gasteiger partial charge < -0.3 is 20.3 Å². The minimum atomic E-state index is -2.09. The van der Waals surface area contributed by atoms with Crippen LogP contribution in [0, 0.1) is 5.82 Å². The number of fused-ring (bicyclic) bond motifs is 1. The molecule has 3 N–H and O–H groups in total. The number of hydrogen-bond acceptors (Lipinski definition) is 7. The molecule has 1 aromatic carbocycles. The predicted octanol–water partition coefficient (Wildman–Crippen LogP) is 2.34. The third-order valence-electron chi connectivity index (χ3n) is 5.63. The van der Waals surface area contributed by atoms with E-state index in [4.69, 9.17) is 16.3 Å². The minimum Gasteiger partial charge on any atom is -0.480 e. The maximum atomic E-state index is 15.0. The number of rotatable bonds is 5. The summed E-state index contributed by atoms with van der Waals surface area (Å²) >= 11 is 5.99. The Morgan fingerprint density at radius 1 is 1.43 bits per heavy atom. The van der Waals surface area contributed by atoms with Gasteiger partial charge in [-0.25, -0.2) is 19.3 Å². The molecule has 0 aliphatic carbocycles. The second-order valence-corrected chi connectivity index (χ2v) is 7.97. The van der Waals surface area contributed by atoms with Crippen LogP contribution in [0.15, 0.2) is 24.4 Å². The molecule has 0 radical (unpaired) electrons. The number of hydrogen-bond donors (Lipinski definition) is 3. The molecule has 1 saturated heterocycles. The first kappa shape index (κ1) is 20.9. The lowest BCUT2D eigenvalue weighted by molar-refractivity contribution is -0.155. The Balaban J connectivity index is 1.78. The van der Waals surface area contributed by atoms with E-state index in [9.17, 15) is 19.4 Å². The van der Waals surface area contributed by atoms with Crippen LogP contribution in [-0.2, 0) is 21.8 Å². The van der Waals surface area contributed by atoms with Crippen molar-refractivity contribution < 1.29 is 24.1 Å². The summed E-state index contributed by atoms with van der Waals surface area (Å²) in [5, 5.41) is 24.7. The lowest BCUT2D eigenvalue weighted by Gasteiger charge is -2.36. The Morgan fingerprint density at radius 3 is 2.87 bits per heavy atom. The maximum absolute atomic E-state index is 15.0. The number of aliphatic carboxylic acids is 1. The molecule has 2 atom stereocenters. The van der Waals surface area contributed by atoms with E-state index in [2.05, 4.69) is 15.3 Å². The molecule has 8 nitrogen and oxygen atoms in total. The van der Waals surface area contributed by atoms with Crippen LogP contribution in [0.25, 0.3) is 0 Å². The molecule has 0 unspecified atom stereocenters. The molecule has 0 bridgehead atoms. The van der Waals surface area contributed by atoms with Gasteiger partial charge in [0.25, 0.3) is 0 Å². The molecule has 2 aliphatic heterocycles. The van der Waals surface area contributed by atoms with Crippen LogP contribution in [0.3, 0.4) is 0 Å². The Morgan fingerprint density at radius 2 is 2.17 bits per heavy atom. The first-order valence-electron chi connectivity index (χ1n) is 9.69. The molecule has 0 amide bonds. The summed E-state index contributed by atoms with van der Waals surface area (Å²) in [4.78, 5) is 21.6. The van der Waals surface area contributed by atoms with E-state index in [1.54, 1.807) is 0 Å². The van der Waals surface area contributed by atoms with Gasteiger partial charge in [0, 0.05) is 42.6 Å². The largest absolute Gasteiger partial charge is 0.480 e. The maximum Gasteiger partial charge on any atom is 0.320 e. The molecular weight excluding hydrogens is 415 g/mol. The molecule has 2 aliphatic rings. The van der Waals surface area contributed by atoms with Gasteiger partial charge in [0.1, 0.15) is 11.9 Å². The summed E-state index contributed by atoms with van der Waals surface area (Å²) in [5.41, 5.74) is -1.64. The zero-order valence-corrected chi connectivity index (χ0v) is 17.1. The molecule has 160 valence electrons. The number of nitrogens with one attached hydrogen (secondary N) is 1. The van der Waals surface area contributed by atoms with Crippen molar-refractivity contribution in [3.8, 4) is 0 Å². The van der Waals surface area contributed by atoms with Crippen molar-refractivity contribution in [3.63, 3.8) is 0 Å². The Kier molecular flexibility index (Phi) is 5.63. The van der Waals surface area contributed by atoms with Crippen molar-refractivity contribution in [2.75, 3.05) is 18.5 Å². The van der Waals surface area contributed by atoms with Crippen molar-refractivity contribution >= 4 is 23.5 Å². The van der Waals surface area contributed by atoms with Gasteiger partial charge in [-0.2, -0.15) is 0 Å². The van der Waals surface area contributed by atoms with Crippen LogP contribution in [0.5, 0.6) is 0 Å². The van der Waals surface area contributed by atoms with Gasteiger partial charge in [0.2, 0.25) is 5.95 Å². The number of halogens is 2. The lowest BCUT2D eigenvalue weighted by Crippen LogP contribution is -2.50. The van der Waals surface area contributed by atoms with E-state index < -0.39 is 23.6 Å². The van der Waals surface area contributed by atoms with Crippen LogP contribution >= 0.6 is 11.6 Å². The number of anilines is 1. The first-order valence-corrected chi connectivity index (χ1v) is 10.1. The third kappa shape index (κ3) is 3.62. The number of nitrogens with zero attached hydrogens (tertiary/aromatic N) is 3. The summed E-state index contributed by atoms with van der Waals surface area (Å²) < 4.78 is 20.3.